The largest absolute Gasteiger partial charge is 0.388 e. The van der Waals surface area contributed by atoms with Crippen LogP contribution in [0.4, 0.5) is 0 Å². The molecule has 0 aromatic rings. The fraction of sp³-hybridized carbons (Fsp3) is 0.929. The summed E-state index contributed by atoms with van der Waals surface area (Å²) in [6, 6.07) is 0.134. The third kappa shape index (κ3) is 3.69. The van der Waals surface area contributed by atoms with Gasteiger partial charge in [0.1, 0.15) is 12.2 Å². The molecule has 2 rings (SSSR count). The van der Waals surface area contributed by atoms with E-state index in [0.717, 1.165) is 0 Å². The average Bonchev–Trinajstić information content (AvgIpc) is 2.78. The molecule has 0 radical (unpaired) electrons. The van der Waals surface area contributed by atoms with E-state index in [4.69, 9.17) is 9.47 Å². The number of hydrogen-bond donors (Lipinski definition) is 2. The number of nitrogens with one attached hydrogen (secondary N) is 1. The molecular formula is C14H26N2O4. The number of carbonyl (C=O) groups is 1. The van der Waals surface area contributed by atoms with Crippen molar-refractivity contribution >= 4 is 5.91 Å². The van der Waals surface area contributed by atoms with Gasteiger partial charge in [-0.2, -0.15) is 0 Å². The molecule has 0 aromatic carbocycles. The first-order valence-electron chi connectivity index (χ1n) is 7.30. The zero-order valence-corrected chi connectivity index (χ0v) is 12.7. The Balaban J connectivity index is 1.82. The predicted octanol–water partition coefficient (Wildman–Crippen LogP) is -0.251. The second kappa shape index (κ2) is 6.39. The molecule has 0 spiro atoms. The van der Waals surface area contributed by atoms with Crippen LogP contribution < -0.4 is 5.32 Å². The van der Waals surface area contributed by atoms with Crippen molar-refractivity contribution in [2.75, 3.05) is 20.6 Å². The Morgan fingerprint density at radius 3 is 2.65 bits per heavy atom. The predicted molar refractivity (Wildman–Crippen MR) is 74.4 cm³/mol. The number of amides is 1. The summed E-state index contributed by atoms with van der Waals surface area (Å²) >= 11 is 0. The first kappa shape index (κ1) is 15.7. The number of aliphatic hydroxyl groups excluding tert-OH is 1. The number of likely N-dealkylation sites (N-methyl/N-ethyl adjacent to an activating group) is 1. The van der Waals surface area contributed by atoms with Gasteiger partial charge in [0.2, 0.25) is 5.91 Å². The smallest absolute Gasteiger partial charge is 0.222 e. The molecular weight excluding hydrogens is 260 g/mol. The van der Waals surface area contributed by atoms with E-state index in [9.17, 15) is 9.90 Å². The summed E-state index contributed by atoms with van der Waals surface area (Å²) in [6.45, 7) is 4.54. The van der Waals surface area contributed by atoms with Crippen LogP contribution in [0.15, 0.2) is 0 Å². The van der Waals surface area contributed by atoms with Crippen molar-refractivity contribution in [1.82, 2.24) is 10.2 Å². The van der Waals surface area contributed by atoms with E-state index in [1.165, 1.54) is 0 Å². The second-order valence-electron chi connectivity index (χ2n) is 6.35. The van der Waals surface area contributed by atoms with Crippen LogP contribution in [0.5, 0.6) is 0 Å². The van der Waals surface area contributed by atoms with E-state index >= 15 is 0 Å². The molecule has 2 fully saturated rings. The third-order valence-corrected chi connectivity index (χ3v) is 3.69. The molecule has 0 aliphatic carbocycles. The van der Waals surface area contributed by atoms with Gasteiger partial charge in [-0.3, -0.25) is 4.79 Å². The minimum atomic E-state index is -0.611. The normalized spacial score (nSPS) is 36.6. The second-order valence-corrected chi connectivity index (χ2v) is 6.35. The van der Waals surface area contributed by atoms with Crippen molar-refractivity contribution in [3.63, 3.8) is 0 Å². The monoisotopic (exact) mass is 286 g/mol. The summed E-state index contributed by atoms with van der Waals surface area (Å²) in [4.78, 5) is 13.7. The summed E-state index contributed by atoms with van der Waals surface area (Å²) in [7, 11) is 3.90. The van der Waals surface area contributed by atoms with E-state index in [0.29, 0.717) is 19.4 Å². The van der Waals surface area contributed by atoms with Crippen LogP contribution in [0, 0.1) is 0 Å². The van der Waals surface area contributed by atoms with Gasteiger partial charge in [-0.05, 0) is 27.9 Å². The number of rotatable bonds is 5. The summed E-state index contributed by atoms with van der Waals surface area (Å²) < 4.78 is 11.7. The Labute approximate surface area is 120 Å². The molecule has 116 valence electrons. The van der Waals surface area contributed by atoms with E-state index in [1.807, 2.05) is 32.8 Å². The van der Waals surface area contributed by atoms with Crippen molar-refractivity contribution in [3.8, 4) is 0 Å². The molecule has 6 heteroatoms. The van der Waals surface area contributed by atoms with Gasteiger partial charge in [0.25, 0.3) is 0 Å². The standard InChI is InChI=1S/C14H26N2O4/c1-8(2)15-12(17)6-9-5-10-14(19-9)13(18)11(20-10)7-16(3)4/h8-11,13-14,18H,5-7H2,1-4H3,(H,15,17). The quantitative estimate of drug-likeness (QED) is 0.729. The maximum Gasteiger partial charge on any atom is 0.222 e. The van der Waals surface area contributed by atoms with Crippen LogP contribution in [-0.4, -0.2) is 73.1 Å². The number of aliphatic hydroxyl groups is 1. The number of fused-ring (bicyclic) bond motifs is 1. The van der Waals surface area contributed by atoms with Gasteiger partial charge in [0.15, 0.2) is 0 Å². The van der Waals surface area contributed by atoms with Crippen LogP contribution >= 0.6 is 0 Å². The summed E-state index contributed by atoms with van der Waals surface area (Å²) in [6.07, 6.45) is -0.343. The fourth-order valence-corrected chi connectivity index (χ4v) is 2.94. The lowest BCUT2D eigenvalue weighted by Crippen LogP contribution is -2.39. The maximum absolute atomic E-state index is 11.7. The molecule has 2 saturated heterocycles. The van der Waals surface area contributed by atoms with Gasteiger partial charge in [0.05, 0.1) is 24.7 Å². The van der Waals surface area contributed by atoms with Crippen LogP contribution in [0.2, 0.25) is 0 Å². The molecule has 20 heavy (non-hydrogen) atoms. The molecule has 0 aromatic heterocycles. The Morgan fingerprint density at radius 2 is 2.10 bits per heavy atom. The van der Waals surface area contributed by atoms with Crippen LogP contribution in [0.1, 0.15) is 26.7 Å². The highest BCUT2D eigenvalue weighted by molar-refractivity contribution is 5.76. The molecule has 2 heterocycles. The SMILES string of the molecule is CC(C)NC(=O)CC1CC2OC(CN(C)C)C(O)C2O1. The number of hydrogen-bond acceptors (Lipinski definition) is 5. The average molecular weight is 286 g/mol. The van der Waals surface area contributed by atoms with Crippen molar-refractivity contribution in [2.45, 2.75) is 63.3 Å². The van der Waals surface area contributed by atoms with Crippen LogP contribution in [0.25, 0.3) is 0 Å². The summed E-state index contributed by atoms with van der Waals surface area (Å²) in [5.74, 6) is -0.00990. The van der Waals surface area contributed by atoms with Crippen molar-refractivity contribution < 1.29 is 19.4 Å². The first-order chi connectivity index (χ1) is 9.36. The van der Waals surface area contributed by atoms with Gasteiger partial charge in [-0.25, -0.2) is 0 Å². The van der Waals surface area contributed by atoms with Crippen molar-refractivity contribution in [2.24, 2.45) is 0 Å². The zero-order chi connectivity index (χ0) is 14.9. The molecule has 6 nitrogen and oxygen atoms in total. The molecule has 1 amide bonds. The Hall–Kier alpha value is -0.690. The summed E-state index contributed by atoms with van der Waals surface area (Å²) in [5, 5.41) is 13.1. The van der Waals surface area contributed by atoms with Gasteiger partial charge in [-0.15, -0.1) is 0 Å². The lowest BCUT2D eigenvalue weighted by atomic mass is 10.1. The highest BCUT2D eigenvalue weighted by Gasteiger charge is 2.50. The highest BCUT2D eigenvalue weighted by atomic mass is 16.6. The van der Waals surface area contributed by atoms with E-state index < -0.39 is 6.10 Å². The number of carbonyl (C=O) groups excluding carboxylic acids is 1. The van der Waals surface area contributed by atoms with Crippen molar-refractivity contribution in [1.29, 1.82) is 0 Å². The molecule has 5 atom stereocenters. The first-order valence-corrected chi connectivity index (χ1v) is 7.30. The fourth-order valence-electron chi connectivity index (χ4n) is 2.94. The lowest BCUT2D eigenvalue weighted by molar-refractivity contribution is -0.125. The molecule has 2 aliphatic heterocycles. The van der Waals surface area contributed by atoms with Crippen LogP contribution in [0.3, 0.4) is 0 Å². The summed E-state index contributed by atoms with van der Waals surface area (Å²) in [5.41, 5.74) is 0. The molecule has 5 unspecified atom stereocenters. The van der Waals surface area contributed by atoms with E-state index in [1.54, 1.807) is 0 Å². The third-order valence-electron chi connectivity index (χ3n) is 3.69. The number of nitrogens with zero attached hydrogens (tertiary/aromatic N) is 1. The van der Waals surface area contributed by atoms with E-state index in [-0.39, 0.29) is 36.4 Å². The maximum atomic E-state index is 11.7. The molecule has 0 bridgehead atoms. The zero-order valence-electron chi connectivity index (χ0n) is 12.7. The Bertz CT molecular complexity index is 348. The number of ether oxygens (including phenoxy) is 2. The Kier molecular flexibility index (Phi) is 5.01. The van der Waals surface area contributed by atoms with Gasteiger partial charge in [-0.1, -0.05) is 0 Å². The molecule has 2 N–H and O–H groups in total. The van der Waals surface area contributed by atoms with Gasteiger partial charge < -0.3 is 24.8 Å². The topological polar surface area (TPSA) is 71.0 Å². The Morgan fingerprint density at radius 1 is 1.40 bits per heavy atom. The van der Waals surface area contributed by atoms with E-state index in [2.05, 4.69) is 5.32 Å². The van der Waals surface area contributed by atoms with Crippen molar-refractivity contribution in [3.05, 3.63) is 0 Å². The minimum absolute atomic E-state index is 0.00990. The van der Waals surface area contributed by atoms with Gasteiger partial charge >= 0.3 is 0 Å². The highest BCUT2D eigenvalue weighted by Crippen LogP contribution is 2.35. The van der Waals surface area contributed by atoms with Gasteiger partial charge in [0, 0.05) is 19.0 Å². The van der Waals surface area contributed by atoms with Crippen LogP contribution in [-0.2, 0) is 14.3 Å². The lowest BCUT2D eigenvalue weighted by Gasteiger charge is -2.22. The minimum Gasteiger partial charge on any atom is -0.388 e. The molecule has 2 aliphatic rings. The molecule has 0 saturated carbocycles.